The van der Waals surface area contributed by atoms with E-state index in [0.29, 0.717) is 31.6 Å². The third-order valence-corrected chi connectivity index (χ3v) is 4.79. The number of fused-ring (bicyclic) bond motifs is 1. The van der Waals surface area contributed by atoms with Gasteiger partial charge in [0.05, 0.1) is 0 Å². The molecule has 2 aliphatic rings. The molecular weight excluding hydrogens is 392 g/mol. The Morgan fingerprint density at radius 1 is 1.27 bits per heavy atom. The first-order chi connectivity index (χ1) is 11.3. The second-order valence-corrected chi connectivity index (χ2v) is 6.57. The summed E-state index contributed by atoms with van der Waals surface area (Å²) in [6, 6.07) is 0.0593. The number of carbonyl (C=O) groups excluding carboxylic acids is 1. The number of piperazine rings is 1. The largest absolute Gasteiger partial charge is 0.433 e. The monoisotopic (exact) mass is 414 g/mol. The van der Waals surface area contributed by atoms with Crippen molar-refractivity contribution in [3.8, 4) is 0 Å². The zero-order chi connectivity index (χ0) is 17.5. The number of alkyl halides is 3. The normalized spacial score (nSPS) is 22.7. The lowest BCUT2D eigenvalue weighted by Crippen LogP contribution is -2.54. The number of amides is 1. The number of nitrogens with zero attached hydrogens (tertiary/aromatic N) is 3. The zero-order valence-corrected chi connectivity index (χ0v) is 16.2. The molecule has 0 spiro atoms. The van der Waals surface area contributed by atoms with Gasteiger partial charge in [-0.05, 0) is 33.1 Å². The van der Waals surface area contributed by atoms with Crippen LogP contribution in [0.2, 0.25) is 0 Å². The van der Waals surface area contributed by atoms with Crippen LogP contribution in [-0.2, 0) is 23.8 Å². The molecule has 1 fully saturated rings. The second-order valence-electron chi connectivity index (χ2n) is 6.57. The highest BCUT2D eigenvalue weighted by atomic mass is 35.5. The van der Waals surface area contributed by atoms with Crippen LogP contribution in [0.1, 0.15) is 36.1 Å². The highest BCUT2D eigenvalue weighted by Crippen LogP contribution is 2.36. The van der Waals surface area contributed by atoms with E-state index in [9.17, 15) is 18.0 Å². The SMILES string of the molecule is Cc1nc2c(c(C(F)(F)F)n1)CC(C(=O)N1CCNC[C@@H]1C)CC2.Cl.Cl. The summed E-state index contributed by atoms with van der Waals surface area (Å²) in [7, 11) is 0. The van der Waals surface area contributed by atoms with E-state index >= 15 is 0 Å². The third-order valence-electron chi connectivity index (χ3n) is 4.79. The van der Waals surface area contributed by atoms with Crippen molar-refractivity contribution in [3.05, 3.63) is 22.8 Å². The second kappa shape index (κ2) is 8.71. The van der Waals surface area contributed by atoms with Gasteiger partial charge in [-0.1, -0.05) is 0 Å². The molecule has 0 saturated carbocycles. The fraction of sp³-hybridized carbons (Fsp3) is 0.688. The molecule has 1 unspecified atom stereocenters. The molecule has 1 N–H and O–H groups in total. The van der Waals surface area contributed by atoms with Crippen molar-refractivity contribution < 1.29 is 18.0 Å². The van der Waals surface area contributed by atoms with Gasteiger partial charge in [-0.2, -0.15) is 13.2 Å². The lowest BCUT2D eigenvalue weighted by Gasteiger charge is -2.37. The quantitative estimate of drug-likeness (QED) is 0.766. The maximum absolute atomic E-state index is 13.3. The maximum atomic E-state index is 13.3. The average molecular weight is 415 g/mol. The van der Waals surface area contributed by atoms with E-state index < -0.39 is 17.8 Å². The van der Waals surface area contributed by atoms with E-state index in [1.807, 2.05) is 6.92 Å². The van der Waals surface area contributed by atoms with E-state index in [2.05, 4.69) is 15.3 Å². The van der Waals surface area contributed by atoms with Crippen LogP contribution < -0.4 is 5.32 Å². The van der Waals surface area contributed by atoms with E-state index in [0.717, 1.165) is 6.54 Å². The maximum Gasteiger partial charge on any atom is 0.433 e. The van der Waals surface area contributed by atoms with Gasteiger partial charge in [0.2, 0.25) is 5.91 Å². The molecule has 10 heteroatoms. The molecule has 0 radical (unpaired) electrons. The lowest BCUT2D eigenvalue weighted by molar-refractivity contribution is -0.144. The predicted molar refractivity (Wildman–Crippen MR) is 95.8 cm³/mol. The summed E-state index contributed by atoms with van der Waals surface area (Å²) < 4.78 is 39.9. The highest BCUT2D eigenvalue weighted by molar-refractivity contribution is 5.85. The molecule has 2 atom stereocenters. The van der Waals surface area contributed by atoms with Crippen molar-refractivity contribution in [2.75, 3.05) is 19.6 Å². The number of rotatable bonds is 1. The Kier molecular flexibility index (Phi) is 7.68. The summed E-state index contributed by atoms with van der Waals surface area (Å²) >= 11 is 0. The Morgan fingerprint density at radius 3 is 2.58 bits per heavy atom. The number of aryl methyl sites for hydroxylation is 2. The van der Waals surface area contributed by atoms with Crippen molar-refractivity contribution in [3.63, 3.8) is 0 Å². The van der Waals surface area contributed by atoms with Crippen LogP contribution in [0.3, 0.4) is 0 Å². The Hall–Kier alpha value is -1.12. The highest BCUT2D eigenvalue weighted by Gasteiger charge is 2.40. The predicted octanol–water partition coefficient (Wildman–Crippen LogP) is 2.57. The van der Waals surface area contributed by atoms with Gasteiger partial charge >= 0.3 is 6.18 Å². The van der Waals surface area contributed by atoms with Crippen LogP contribution >= 0.6 is 24.8 Å². The fourth-order valence-electron chi connectivity index (χ4n) is 3.58. The smallest absolute Gasteiger partial charge is 0.337 e. The summed E-state index contributed by atoms with van der Waals surface area (Å²) in [5, 5.41) is 3.21. The Morgan fingerprint density at radius 2 is 1.96 bits per heavy atom. The molecule has 1 aromatic rings. The number of halogens is 5. The lowest BCUT2D eigenvalue weighted by atomic mass is 9.84. The van der Waals surface area contributed by atoms with Crippen molar-refractivity contribution in [1.29, 1.82) is 0 Å². The van der Waals surface area contributed by atoms with E-state index in [4.69, 9.17) is 0 Å². The summed E-state index contributed by atoms with van der Waals surface area (Å²) in [6.45, 7) is 5.45. The minimum atomic E-state index is -4.52. The molecule has 1 aliphatic carbocycles. The third kappa shape index (κ3) is 4.58. The van der Waals surface area contributed by atoms with Gasteiger partial charge in [0, 0.05) is 42.9 Å². The summed E-state index contributed by atoms with van der Waals surface area (Å²) in [6.07, 6.45) is -3.53. The van der Waals surface area contributed by atoms with Crippen molar-refractivity contribution in [2.24, 2.45) is 5.92 Å². The number of hydrogen-bond acceptors (Lipinski definition) is 4. The minimum Gasteiger partial charge on any atom is -0.337 e. The van der Waals surface area contributed by atoms with Gasteiger partial charge in [-0.3, -0.25) is 4.79 Å². The summed E-state index contributed by atoms with van der Waals surface area (Å²) in [4.78, 5) is 22.3. The van der Waals surface area contributed by atoms with Crippen molar-refractivity contribution in [1.82, 2.24) is 20.2 Å². The van der Waals surface area contributed by atoms with Crippen LogP contribution in [0, 0.1) is 12.8 Å². The average Bonchev–Trinajstić information content (AvgIpc) is 2.52. The number of hydrogen-bond donors (Lipinski definition) is 1. The topological polar surface area (TPSA) is 58.1 Å². The van der Waals surface area contributed by atoms with Gasteiger partial charge in [0.25, 0.3) is 0 Å². The summed E-state index contributed by atoms with van der Waals surface area (Å²) in [5.41, 5.74) is -0.344. The van der Waals surface area contributed by atoms with E-state index in [-0.39, 0.29) is 54.6 Å². The standard InChI is InChI=1S/C16H21F3N4O.2ClH/c1-9-8-20-5-6-23(9)15(24)11-3-4-13-12(7-11)14(16(17,18)19)22-10(2)21-13;;/h9,11,20H,3-8H2,1-2H3;2*1H/t9-,11?;;/m0../s1. The Balaban J connectivity index is 0.00000169. The van der Waals surface area contributed by atoms with Gasteiger partial charge in [-0.25, -0.2) is 9.97 Å². The molecule has 1 aliphatic heterocycles. The first-order valence-electron chi connectivity index (χ1n) is 8.22. The number of carbonyl (C=O) groups is 1. The van der Waals surface area contributed by atoms with Gasteiger partial charge in [0.1, 0.15) is 5.82 Å². The molecule has 3 rings (SSSR count). The van der Waals surface area contributed by atoms with E-state index in [1.54, 1.807) is 4.90 Å². The molecule has 1 aromatic heterocycles. The molecule has 5 nitrogen and oxygen atoms in total. The van der Waals surface area contributed by atoms with Gasteiger partial charge < -0.3 is 10.2 Å². The Bertz CT molecular complexity index is 657. The summed E-state index contributed by atoms with van der Waals surface area (Å²) in [5.74, 6) is -0.351. The van der Waals surface area contributed by atoms with Crippen molar-refractivity contribution >= 4 is 30.7 Å². The fourth-order valence-corrected chi connectivity index (χ4v) is 3.58. The van der Waals surface area contributed by atoms with Gasteiger partial charge in [-0.15, -0.1) is 24.8 Å². The van der Waals surface area contributed by atoms with Crippen LogP contribution in [-0.4, -0.2) is 46.5 Å². The minimum absolute atomic E-state index is 0. The molecule has 0 bridgehead atoms. The molecule has 2 heterocycles. The van der Waals surface area contributed by atoms with Crippen LogP contribution in [0.15, 0.2) is 0 Å². The van der Waals surface area contributed by atoms with E-state index in [1.165, 1.54) is 6.92 Å². The van der Waals surface area contributed by atoms with Crippen LogP contribution in [0.5, 0.6) is 0 Å². The van der Waals surface area contributed by atoms with Crippen LogP contribution in [0.4, 0.5) is 13.2 Å². The Labute approximate surface area is 163 Å². The van der Waals surface area contributed by atoms with Crippen molar-refractivity contribution in [2.45, 2.75) is 45.3 Å². The van der Waals surface area contributed by atoms with Crippen LogP contribution in [0.25, 0.3) is 0 Å². The molecule has 26 heavy (non-hydrogen) atoms. The van der Waals surface area contributed by atoms with Gasteiger partial charge in [0.15, 0.2) is 5.69 Å². The molecule has 1 saturated heterocycles. The number of nitrogens with one attached hydrogen (secondary N) is 1. The molecular formula is C16H23Cl2F3N4O. The number of aromatic nitrogens is 2. The first-order valence-corrected chi connectivity index (χ1v) is 8.22. The molecule has 148 valence electrons. The molecule has 1 amide bonds. The zero-order valence-electron chi connectivity index (χ0n) is 14.6. The first kappa shape index (κ1) is 22.9. The molecule has 0 aromatic carbocycles.